The highest BCUT2D eigenvalue weighted by atomic mass is 19.1. The number of halogens is 1. The van der Waals surface area contributed by atoms with E-state index in [4.69, 9.17) is 4.98 Å². The Kier molecular flexibility index (Phi) is 4.31. The second-order valence-electron chi connectivity index (χ2n) is 7.42. The van der Waals surface area contributed by atoms with Gasteiger partial charge in [-0.3, -0.25) is 0 Å². The van der Waals surface area contributed by atoms with Gasteiger partial charge in [-0.25, -0.2) is 19.3 Å². The van der Waals surface area contributed by atoms with Gasteiger partial charge in [-0.2, -0.15) is 0 Å². The Hall–Kier alpha value is -2.56. The summed E-state index contributed by atoms with van der Waals surface area (Å²) in [6.07, 6.45) is 11.6. The second kappa shape index (κ2) is 6.63. The van der Waals surface area contributed by atoms with Gasteiger partial charge in [-0.15, -0.1) is 0 Å². The van der Waals surface area contributed by atoms with E-state index in [1.165, 1.54) is 0 Å². The van der Waals surface area contributed by atoms with E-state index in [1.54, 1.807) is 12.3 Å². The molecule has 0 amide bonds. The molecule has 4 rings (SSSR count). The fourth-order valence-electron chi connectivity index (χ4n) is 3.55. The molecule has 0 fully saturated rings. The Labute approximate surface area is 152 Å². The quantitative estimate of drug-likeness (QED) is 0.696. The number of aryl methyl sites for hydroxylation is 2. The Morgan fingerprint density at radius 1 is 1.23 bits per heavy atom. The van der Waals surface area contributed by atoms with Crippen molar-refractivity contribution in [2.75, 3.05) is 0 Å². The SMILES string of the molecule is Cc1cnc2c(F)cc(C3=CCCCc4nc(CC(C)C)ncc43)cn12. The molecule has 3 aromatic rings. The molecule has 0 aliphatic heterocycles. The molecule has 26 heavy (non-hydrogen) atoms. The summed E-state index contributed by atoms with van der Waals surface area (Å²) in [4.78, 5) is 13.5. The van der Waals surface area contributed by atoms with Crippen LogP contribution in [0.3, 0.4) is 0 Å². The third-order valence-corrected chi connectivity index (χ3v) is 4.82. The average Bonchev–Trinajstić information content (AvgIpc) is 2.85. The van der Waals surface area contributed by atoms with Gasteiger partial charge in [-0.05, 0) is 43.7 Å². The van der Waals surface area contributed by atoms with Crippen LogP contribution in [0, 0.1) is 18.7 Å². The largest absolute Gasteiger partial charge is 0.301 e. The number of allylic oxidation sites excluding steroid dienone is 1. The molecule has 4 nitrogen and oxygen atoms in total. The highest BCUT2D eigenvalue weighted by molar-refractivity contribution is 5.81. The Balaban J connectivity index is 1.83. The highest BCUT2D eigenvalue weighted by Gasteiger charge is 2.18. The van der Waals surface area contributed by atoms with E-state index in [2.05, 4.69) is 29.9 Å². The standard InChI is InChI=1S/C21H23FN4/c1-13(2)8-20-23-11-17-16(6-4-5-7-19(17)25-20)15-9-18(22)21-24-10-14(3)26(21)12-15/h6,9-13H,4-5,7-8H2,1-3H3. The number of hydrogen-bond acceptors (Lipinski definition) is 3. The van der Waals surface area contributed by atoms with E-state index in [9.17, 15) is 4.39 Å². The fourth-order valence-corrected chi connectivity index (χ4v) is 3.55. The summed E-state index contributed by atoms with van der Waals surface area (Å²) in [5.41, 5.74) is 5.23. The van der Waals surface area contributed by atoms with Crippen molar-refractivity contribution in [3.8, 4) is 0 Å². The summed E-state index contributed by atoms with van der Waals surface area (Å²) in [7, 11) is 0. The topological polar surface area (TPSA) is 43.1 Å². The van der Waals surface area contributed by atoms with Crippen molar-refractivity contribution in [1.29, 1.82) is 0 Å². The van der Waals surface area contributed by atoms with Crippen molar-refractivity contribution >= 4 is 11.2 Å². The van der Waals surface area contributed by atoms with Crippen LogP contribution < -0.4 is 0 Å². The predicted octanol–water partition coefficient (Wildman–Crippen LogP) is 4.54. The molecule has 3 heterocycles. The van der Waals surface area contributed by atoms with Crippen molar-refractivity contribution < 1.29 is 4.39 Å². The molecule has 0 unspecified atom stereocenters. The maximum absolute atomic E-state index is 14.6. The normalized spacial score (nSPS) is 14.4. The van der Waals surface area contributed by atoms with E-state index in [-0.39, 0.29) is 5.82 Å². The zero-order valence-electron chi connectivity index (χ0n) is 15.5. The minimum Gasteiger partial charge on any atom is -0.301 e. The molecule has 1 aliphatic carbocycles. The molecule has 1 aliphatic rings. The van der Waals surface area contributed by atoms with Crippen molar-refractivity contribution in [2.45, 2.75) is 46.5 Å². The summed E-state index contributed by atoms with van der Waals surface area (Å²) >= 11 is 0. The van der Waals surface area contributed by atoms with Crippen LogP contribution in [-0.2, 0) is 12.8 Å². The minimum atomic E-state index is -0.306. The first-order valence-corrected chi connectivity index (χ1v) is 9.22. The minimum absolute atomic E-state index is 0.306. The number of hydrogen-bond donors (Lipinski definition) is 0. The van der Waals surface area contributed by atoms with Crippen molar-refractivity contribution in [3.63, 3.8) is 0 Å². The van der Waals surface area contributed by atoms with Gasteiger partial charge in [-0.1, -0.05) is 19.9 Å². The molecule has 134 valence electrons. The maximum Gasteiger partial charge on any atom is 0.173 e. The third kappa shape index (κ3) is 3.02. The van der Waals surface area contributed by atoms with Gasteiger partial charge in [0.05, 0.1) is 5.69 Å². The first kappa shape index (κ1) is 16.9. The highest BCUT2D eigenvalue weighted by Crippen LogP contribution is 2.31. The fraction of sp³-hybridized carbons (Fsp3) is 0.381. The zero-order chi connectivity index (χ0) is 18.3. The summed E-state index contributed by atoms with van der Waals surface area (Å²) in [5, 5.41) is 0. The van der Waals surface area contributed by atoms with Crippen LogP contribution in [0.1, 0.15) is 55.0 Å². The first-order valence-electron chi connectivity index (χ1n) is 9.22. The summed E-state index contributed by atoms with van der Waals surface area (Å²) in [5.74, 6) is 1.11. The lowest BCUT2D eigenvalue weighted by Gasteiger charge is -2.13. The molecule has 0 saturated heterocycles. The zero-order valence-corrected chi connectivity index (χ0v) is 15.5. The molecular formula is C21H23FN4. The van der Waals surface area contributed by atoms with Gasteiger partial charge in [0.15, 0.2) is 11.5 Å². The van der Waals surface area contributed by atoms with Gasteiger partial charge in [0.25, 0.3) is 0 Å². The molecule has 0 spiro atoms. The number of imidazole rings is 1. The van der Waals surface area contributed by atoms with E-state index in [1.807, 2.05) is 23.7 Å². The number of pyridine rings is 1. The molecule has 0 bridgehead atoms. The third-order valence-electron chi connectivity index (χ3n) is 4.82. The van der Waals surface area contributed by atoms with Crippen LogP contribution in [0.2, 0.25) is 0 Å². The van der Waals surface area contributed by atoms with Crippen LogP contribution >= 0.6 is 0 Å². The average molecular weight is 350 g/mol. The van der Waals surface area contributed by atoms with Crippen LogP contribution in [0.25, 0.3) is 11.2 Å². The van der Waals surface area contributed by atoms with Gasteiger partial charge in [0, 0.05) is 41.8 Å². The Bertz CT molecular complexity index is 1000. The van der Waals surface area contributed by atoms with E-state index < -0.39 is 0 Å². The lowest BCUT2D eigenvalue weighted by molar-refractivity contribution is 0.616. The Morgan fingerprint density at radius 3 is 2.88 bits per heavy atom. The molecule has 0 N–H and O–H groups in total. The number of nitrogens with zero attached hydrogens (tertiary/aromatic N) is 4. The lowest BCUT2D eigenvalue weighted by Crippen LogP contribution is -2.07. The molecule has 0 saturated carbocycles. The van der Waals surface area contributed by atoms with Crippen LogP contribution in [-0.4, -0.2) is 19.4 Å². The van der Waals surface area contributed by atoms with Gasteiger partial charge < -0.3 is 4.40 Å². The summed E-state index contributed by atoms with van der Waals surface area (Å²) in [6, 6.07) is 1.57. The van der Waals surface area contributed by atoms with Crippen molar-refractivity contribution in [1.82, 2.24) is 19.4 Å². The summed E-state index contributed by atoms with van der Waals surface area (Å²) in [6.45, 7) is 6.28. The number of rotatable bonds is 3. The lowest BCUT2D eigenvalue weighted by atomic mass is 9.99. The molecule has 0 radical (unpaired) electrons. The van der Waals surface area contributed by atoms with Crippen molar-refractivity contribution in [2.24, 2.45) is 5.92 Å². The Morgan fingerprint density at radius 2 is 2.08 bits per heavy atom. The number of aromatic nitrogens is 4. The van der Waals surface area contributed by atoms with Crippen molar-refractivity contribution in [3.05, 3.63) is 64.9 Å². The maximum atomic E-state index is 14.6. The van der Waals surface area contributed by atoms with Gasteiger partial charge >= 0.3 is 0 Å². The van der Waals surface area contributed by atoms with Crippen LogP contribution in [0.5, 0.6) is 0 Å². The summed E-state index contributed by atoms with van der Waals surface area (Å²) < 4.78 is 16.4. The van der Waals surface area contributed by atoms with Gasteiger partial charge in [0.2, 0.25) is 0 Å². The monoisotopic (exact) mass is 350 g/mol. The van der Waals surface area contributed by atoms with Crippen LogP contribution in [0.15, 0.2) is 30.7 Å². The molecular weight excluding hydrogens is 327 g/mol. The molecule has 0 aromatic carbocycles. The van der Waals surface area contributed by atoms with E-state index in [0.717, 1.165) is 59.6 Å². The predicted molar refractivity (Wildman–Crippen MR) is 100 cm³/mol. The number of fused-ring (bicyclic) bond motifs is 2. The molecule has 0 atom stereocenters. The molecule has 5 heteroatoms. The van der Waals surface area contributed by atoms with Gasteiger partial charge in [0.1, 0.15) is 5.82 Å². The van der Waals surface area contributed by atoms with E-state index in [0.29, 0.717) is 11.6 Å². The van der Waals surface area contributed by atoms with Crippen LogP contribution in [0.4, 0.5) is 4.39 Å². The smallest absolute Gasteiger partial charge is 0.173 e. The second-order valence-corrected chi connectivity index (χ2v) is 7.42. The van der Waals surface area contributed by atoms with E-state index >= 15 is 0 Å². The molecule has 3 aromatic heterocycles. The first-order chi connectivity index (χ1) is 12.5.